The fraction of sp³-hybridized carbons (Fsp3) is 0.292. The fourth-order valence-corrected chi connectivity index (χ4v) is 3.96. The summed E-state index contributed by atoms with van der Waals surface area (Å²) in [5.74, 6) is -8.78. The molecule has 0 saturated heterocycles. The van der Waals surface area contributed by atoms with Crippen molar-refractivity contribution in [3.8, 4) is 0 Å². The van der Waals surface area contributed by atoms with Crippen molar-refractivity contribution in [2.24, 2.45) is 0 Å². The molecule has 0 aliphatic carbocycles. The summed E-state index contributed by atoms with van der Waals surface area (Å²) in [6, 6.07) is 7.04. The van der Waals surface area contributed by atoms with Gasteiger partial charge in [0.15, 0.2) is 29.4 Å². The molecule has 4 rings (SSSR count). The Bertz CT molecular complexity index is 1270. The van der Waals surface area contributed by atoms with Gasteiger partial charge in [0.05, 0.1) is 11.1 Å². The van der Waals surface area contributed by atoms with Crippen LogP contribution in [0, 0.1) is 23.3 Å². The van der Waals surface area contributed by atoms with Gasteiger partial charge in [-0.1, -0.05) is 25.1 Å². The second-order valence-electron chi connectivity index (χ2n) is 8.05. The van der Waals surface area contributed by atoms with E-state index < -0.39 is 46.9 Å². The minimum absolute atomic E-state index is 0.0341. The number of nitrogens with one attached hydrogen (secondary N) is 1. The van der Waals surface area contributed by atoms with Crippen molar-refractivity contribution < 1.29 is 31.9 Å². The first-order valence-corrected chi connectivity index (χ1v) is 10.6. The Morgan fingerprint density at radius 2 is 1.82 bits per heavy atom. The van der Waals surface area contributed by atoms with Crippen molar-refractivity contribution in [2.75, 3.05) is 18.9 Å². The Morgan fingerprint density at radius 3 is 2.50 bits per heavy atom. The van der Waals surface area contributed by atoms with Crippen molar-refractivity contribution >= 4 is 28.5 Å². The third kappa shape index (κ3) is 4.33. The Labute approximate surface area is 192 Å². The highest BCUT2D eigenvalue weighted by Gasteiger charge is 2.30. The monoisotopic (exact) mass is 475 g/mol. The molecule has 178 valence electrons. The third-order valence-corrected chi connectivity index (χ3v) is 5.71. The normalized spacial score (nSPS) is 14.5. The van der Waals surface area contributed by atoms with Crippen LogP contribution in [0.25, 0.3) is 10.9 Å². The van der Waals surface area contributed by atoms with E-state index in [2.05, 4.69) is 4.98 Å². The zero-order valence-electron chi connectivity index (χ0n) is 18.4. The van der Waals surface area contributed by atoms with E-state index in [1.807, 2.05) is 17.3 Å². The topological polar surface area (TPSA) is 71.5 Å². The molecule has 2 heterocycles. The van der Waals surface area contributed by atoms with Gasteiger partial charge in [-0.15, -0.1) is 0 Å². The van der Waals surface area contributed by atoms with Gasteiger partial charge in [-0.05, 0) is 19.5 Å². The van der Waals surface area contributed by atoms with Gasteiger partial charge in [0.2, 0.25) is 0 Å². The van der Waals surface area contributed by atoms with Gasteiger partial charge < -0.3 is 15.0 Å². The van der Waals surface area contributed by atoms with Gasteiger partial charge in [-0.3, -0.25) is 9.78 Å². The van der Waals surface area contributed by atoms with Crippen LogP contribution in [0.4, 0.5) is 23.2 Å². The van der Waals surface area contributed by atoms with Crippen LogP contribution < -0.4 is 5.32 Å². The highest BCUT2D eigenvalue weighted by molar-refractivity contribution is 6.06. The fourth-order valence-electron chi connectivity index (χ4n) is 3.96. The van der Waals surface area contributed by atoms with E-state index >= 15 is 0 Å². The summed E-state index contributed by atoms with van der Waals surface area (Å²) >= 11 is 0. The van der Waals surface area contributed by atoms with E-state index in [1.165, 1.54) is 6.92 Å². The molecule has 2 aromatic carbocycles. The zero-order chi connectivity index (χ0) is 24.6. The predicted molar refractivity (Wildman–Crippen MR) is 116 cm³/mol. The van der Waals surface area contributed by atoms with E-state index in [0.717, 1.165) is 12.2 Å². The summed E-state index contributed by atoms with van der Waals surface area (Å²) in [6.45, 7) is 2.72. The first-order chi connectivity index (χ1) is 16.2. The number of fused-ring (bicyclic) bond motifs is 2. The molecule has 0 spiro atoms. The van der Waals surface area contributed by atoms with Crippen LogP contribution >= 0.6 is 0 Å². The first-order valence-electron chi connectivity index (χ1n) is 10.6. The Morgan fingerprint density at radius 1 is 1.15 bits per heavy atom. The number of nitrogens with zero attached hydrogens (tertiary/aromatic N) is 2. The maximum Gasteiger partial charge on any atom is 0.340 e. The third-order valence-electron chi connectivity index (χ3n) is 5.71. The summed E-state index contributed by atoms with van der Waals surface area (Å²) in [7, 11) is 1.90. The first kappa shape index (κ1) is 23.6. The SMILES string of the molecule is CCC(OC(=O)c1c2c(nc3ccccc13)CCN(C)C2)C(=O)Nc1c(F)c(F)cc(F)c1F. The number of hydrogen-bond donors (Lipinski definition) is 1. The van der Waals surface area contributed by atoms with Crippen molar-refractivity contribution in [3.63, 3.8) is 0 Å². The number of likely N-dealkylation sites (N-methyl/N-ethyl adjacent to an activating group) is 1. The minimum atomic E-state index is -1.76. The van der Waals surface area contributed by atoms with Crippen molar-refractivity contribution in [3.05, 3.63) is 70.4 Å². The molecule has 1 aliphatic rings. The summed E-state index contributed by atoms with van der Waals surface area (Å²) in [4.78, 5) is 32.6. The van der Waals surface area contributed by atoms with E-state index in [9.17, 15) is 27.2 Å². The maximum atomic E-state index is 14.0. The van der Waals surface area contributed by atoms with Crippen molar-refractivity contribution in [1.82, 2.24) is 9.88 Å². The number of carbonyl (C=O) groups excluding carboxylic acids is 2. The molecular weight excluding hydrogens is 454 g/mol. The lowest BCUT2D eigenvalue weighted by Gasteiger charge is -2.27. The van der Waals surface area contributed by atoms with Gasteiger partial charge in [-0.25, -0.2) is 22.4 Å². The molecule has 34 heavy (non-hydrogen) atoms. The number of halogens is 4. The number of aromatic nitrogens is 1. The smallest absolute Gasteiger partial charge is 0.340 e. The van der Waals surface area contributed by atoms with Crippen LogP contribution in [-0.4, -0.2) is 41.5 Å². The molecule has 10 heteroatoms. The van der Waals surface area contributed by atoms with Gasteiger partial charge in [0.1, 0.15) is 5.69 Å². The molecule has 1 N–H and O–H groups in total. The number of pyridine rings is 1. The van der Waals surface area contributed by atoms with Crippen LogP contribution in [0.3, 0.4) is 0 Å². The molecule has 1 aromatic heterocycles. The number of hydrogen-bond acceptors (Lipinski definition) is 5. The van der Waals surface area contributed by atoms with E-state index in [4.69, 9.17) is 4.74 Å². The van der Waals surface area contributed by atoms with Crippen LogP contribution in [0.1, 0.15) is 35.0 Å². The van der Waals surface area contributed by atoms with E-state index in [1.54, 1.807) is 24.3 Å². The number of benzene rings is 2. The molecule has 0 saturated carbocycles. The lowest BCUT2D eigenvalue weighted by atomic mass is 9.96. The van der Waals surface area contributed by atoms with Crippen LogP contribution in [0.15, 0.2) is 30.3 Å². The molecule has 0 fully saturated rings. The number of amides is 1. The van der Waals surface area contributed by atoms with Gasteiger partial charge in [-0.2, -0.15) is 0 Å². The molecule has 0 radical (unpaired) electrons. The van der Waals surface area contributed by atoms with E-state index in [-0.39, 0.29) is 18.1 Å². The molecule has 6 nitrogen and oxygen atoms in total. The lowest BCUT2D eigenvalue weighted by Crippen LogP contribution is -2.34. The predicted octanol–water partition coefficient (Wildman–Crippen LogP) is 4.35. The number of anilines is 1. The zero-order valence-corrected chi connectivity index (χ0v) is 18.4. The lowest BCUT2D eigenvalue weighted by molar-refractivity contribution is -0.124. The van der Waals surface area contributed by atoms with Gasteiger partial charge >= 0.3 is 5.97 Å². The molecule has 1 atom stereocenters. The summed E-state index contributed by atoms with van der Waals surface area (Å²) < 4.78 is 60.4. The summed E-state index contributed by atoms with van der Waals surface area (Å²) in [5.41, 5.74) is 0.991. The molecule has 1 unspecified atom stereocenters. The van der Waals surface area contributed by atoms with Gasteiger partial charge in [0.25, 0.3) is 5.91 Å². The Balaban J connectivity index is 1.66. The number of ether oxygens (including phenoxy) is 1. The highest BCUT2D eigenvalue weighted by atomic mass is 19.2. The molecule has 0 bridgehead atoms. The van der Waals surface area contributed by atoms with E-state index in [0.29, 0.717) is 29.4 Å². The summed E-state index contributed by atoms with van der Waals surface area (Å²) in [5, 5.41) is 2.35. The van der Waals surface area contributed by atoms with Crippen molar-refractivity contribution in [2.45, 2.75) is 32.4 Å². The van der Waals surface area contributed by atoms with Crippen LogP contribution in [0.2, 0.25) is 0 Å². The molecule has 1 amide bonds. The Kier molecular flexibility index (Phi) is 6.52. The number of rotatable bonds is 5. The van der Waals surface area contributed by atoms with Gasteiger partial charge in [0, 0.05) is 42.2 Å². The highest BCUT2D eigenvalue weighted by Crippen LogP contribution is 2.29. The van der Waals surface area contributed by atoms with Crippen LogP contribution in [-0.2, 0) is 22.5 Å². The second-order valence-corrected chi connectivity index (χ2v) is 8.05. The summed E-state index contributed by atoms with van der Waals surface area (Å²) in [6.07, 6.45) is -0.899. The minimum Gasteiger partial charge on any atom is -0.449 e. The molecular formula is C24H21F4N3O3. The second kappa shape index (κ2) is 9.38. The number of esters is 1. The molecule has 1 aliphatic heterocycles. The number of carbonyl (C=O) groups is 2. The van der Waals surface area contributed by atoms with Crippen molar-refractivity contribution in [1.29, 1.82) is 0 Å². The van der Waals surface area contributed by atoms with Crippen LogP contribution in [0.5, 0.6) is 0 Å². The maximum absolute atomic E-state index is 14.0. The Hall–Kier alpha value is -3.53. The standard InChI is InChI=1S/C24H21F4N3O3/c1-3-18(23(32)30-22-20(27)14(25)10-15(26)21(22)28)34-24(33)19-12-6-4-5-7-16(12)29-17-8-9-31(2)11-13(17)19/h4-7,10,18H,3,8-9,11H2,1-2H3,(H,30,32). The largest absolute Gasteiger partial charge is 0.449 e. The average molecular weight is 475 g/mol. The average Bonchev–Trinajstić information content (AvgIpc) is 2.82. The quantitative estimate of drug-likeness (QED) is 0.338. The number of para-hydroxylation sites is 1. The molecule has 3 aromatic rings.